The second kappa shape index (κ2) is 4.18. The van der Waals surface area contributed by atoms with Gasteiger partial charge >= 0.3 is 0 Å². The van der Waals surface area contributed by atoms with Crippen LogP contribution in [0.25, 0.3) is 0 Å². The molecule has 0 aromatic carbocycles. The molecule has 3 N–H and O–H groups in total. The van der Waals surface area contributed by atoms with Gasteiger partial charge in [-0.1, -0.05) is 6.07 Å². The van der Waals surface area contributed by atoms with E-state index >= 15 is 0 Å². The summed E-state index contributed by atoms with van der Waals surface area (Å²) in [6, 6.07) is 4.18. The minimum atomic E-state index is 0.0844. The van der Waals surface area contributed by atoms with E-state index in [9.17, 15) is 0 Å². The van der Waals surface area contributed by atoms with Gasteiger partial charge in [-0.3, -0.25) is 5.84 Å². The molecule has 1 unspecified atom stereocenters. The lowest BCUT2D eigenvalue weighted by molar-refractivity contribution is 0.655. The predicted molar refractivity (Wildman–Crippen MR) is 60.3 cm³/mol. The first-order valence-corrected chi connectivity index (χ1v) is 5.92. The molecule has 1 atom stereocenters. The fourth-order valence-electron chi connectivity index (χ4n) is 1.27. The van der Waals surface area contributed by atoms with E-state index < -0.39 is 0 Å². The first-order valence-electron chi connectivity index (χ1n) is 4.23. The number of aromatic nitrogens is 1. The van der Waals surface area contributed by atoms with Gasteiger partial charge in [-0.05, 0) is 18.4 Å². The number of hydrogen-bond acceptors (Lipinski definition) is 5. The van der Waals surface area contributed by atoms with E-state index in [1.165, 1.54) is 4.88 Å². The van der Waals surface area contributed by atoms with E-state index in [-0.39, 0.29) is 6.04 Å². The third kappa shape index (κ3) is 1.85. The largest absolute Gasteiger partial charge is 0.271 e. The van der Waals surface area contributed by atoms with Gasteiger partial charge in [-0.25, -0.2) is 10.4 Å². The van der Waals surface area contributed by atoms with E-state index in [2.05, 4.69) is 16.5 Å². The topological polar surface area (TPSA) is 50.9 Å². The van der Waals surface area contributed by atoms with E-state index in [1.807, 2.05) is 24.6 Å². The Bertz CT molecular complexity index is 394. The van der Waals surface area contributed by atoms with Gasteiger partial charge in [-0.2, -0.15) is 0 Å². The van der Waals surface area contributed by atoms with Gasteiger partial charge in [0.25, 0.3) is 0 Å². The van der Waals surface area contributed by atoms with E-state index in [0.29, 0.717) is 0 Å². The number of nitrogens with two attached hydrogens (primary N) is 1. The van der Waals surface area contributed by atoms with Crippen LogP contribution in [-0.4, -0.2) is 4.98 Å². The SMILES string of the molecule is Cc1ncc(C(NN)c2cccs2)s1. The highest BCUT2D eigenvalue weighted by Gasteiger charge is 2.15. The minimum Gasteiger partial charge on any atom is -0.271 e. The molecule has 0 saturated heterocycles. The van der Waals surface area contributed by atoms with Crippen molar-refractivity contribution in [1.29, 1.82) is 0 Å². The molecule has 0 radical (unpaired) electrons. The Morgan fingerprint density at radius 3 is 2.86 bits per heavy atom. The summed E-state index contributed by atoms with van der Waals surface area (Å²) >= 11 is 3.37. The highest BCUT2D eigenvalue weighted by atomic mass is 32.1. The monoisotopic (exact) mass is 225 g/mol. The van der Waals surface area contributed by atoms with Gasteiger partial charge in [0.05, 0.1) is 11.0 Å². The standard InChI is InChI=1S/C9H11N3S2/c1-6-11-5-8(14-6)9(12-10)7-3-2-4-13-7/h2-5,9,12H,10H2,1H3. The Kier molecular flexibility index (Phi) is 2.93. The summed E-state index contributed by atoms with van der Waals surface area (Å²) < 4.78 is 0. The van der Waals surface area contributed by atoms with Gasteiger partial charge in [0.2, 0.25) is 0 Å². The molecular formula is C9H11N3S2. The molecule has 0 saturated carbocycles. The van der Waals surface area contributed by atoms with Crippen LogP contribution < -0.4 is 11.3 Å². The summed E-state index contributed by atoms with van der Waals surface area (Å²) in [7, 11) is 0. The second-order valence-electron chi connectivity index (χ2n) is 2.90. The molecular weight excluding hydrogens is 214 g/mol. The van der Waals surface area contributed by atoms with Crippen LogP contribution in [-0.2, 0) is 0 Å². The average molecular weight is 225 g/mol. The van der Waals surface area contributed by atoms with Crippen LogP contribution in [0.5, 0.6) is 0 Å². The molecule has 2 aromatic rings. The zero-order valence-electron chi connectivity index (χ0n) is 7.73. The molecule has 0 bridgehead atoms. The lowest BCUT2D eigenvalue weighted by atomic mass is 10.2. The molecule has 0 aliphatic heterocycles. The number of thiophene rings is 1. The summed E-state index contributed by atoms with van der Waals surface area (Å²) in [6.45, 7) is 2.00. The molecule has 0 aliphatic carbocycles. The van der Waals surface area contributed by atoms with Crippen molar-refractivity contribution in [2.75, 3.05) is 0 Å². The van der Waals surface area contributed by atoms with Gasteiger partial charge < -0.3 is 0 Å². The maximum Gasteiger partial charge on any atom is 0.0910 e. The molecule has 14 heavy (non-hydrogen) atoms. The van der Waals surface area contributed by atoms with Gasteiger partial charge in [0, 0.05) is 16.0 Å². The smallest absolute Gasteiger partial charge is 0.0910 e. The molecule has 2 aromatic heterocycles. The Labute approximate surface area is 90.6 Å². The number of nitrogens with one attached hydrogen (secondary N) is 1. The predicted octanol–water partition coefficient (Wildman–Crippen LogP) is 2.07. The van der Waals surface area contributed by atoms with E-state index in [0.717, 1.165) is 9.88 Å². The third-order valence-electron chi connectivity index (χ3n) is 1.92. The number of thiazole rings is 1. The van der Waals surface area contributed by atoms with Crippen LogP contribution in [0.1, 0.15) is 20.8 Å². The summed E-state index contributed by atoms with van der Waals surface area (Å²) in [6.07, 6.45) is 1.88. The molecule has 5 heteroatoms. The lowest BCUT2D eigenvalue weighted by Gasteiger charge is -2.10. The molecule has 0 amide bonds. The van der Waals surface area contributed by atoms with Gasteiger partial charge in [0.15, 0.2) is 0 Å². The number of hydrogen-bond donors (Lipinski definition) is 2. The van der Waals surface area contributed by atoms with Crippen LogP contribution in [0.15, 0.2) is 23.7 Å². The lowest BCUT2D eigenvalue weighted by Crippen LogP contribution is -2.27. The quantitative estimate of drug-likeness (QED) is 0.621. The van der Waals surface area contributed by atoms with Crippen molar-refractivity contribution < 1.29 is 0 Å². The summed E-state index contributed by atoms with van der Waals surface area (Å²) in [5.41, 5.74) is 2.81. The summed E-state index contributed by atoms with van der Waals surface area (Å²) in [5.74, 6) is 5.54. The Morgan fingerprint density at radius 1 is 1.50 bits per heavy atom. The zero-order valence-corrected chi connectivity index (χ0v) is 9.36. The van der Waals surface area contributed by atoms with Gasteiger partial charge in [0.1, 0.15) is 0 Å². The zero-order chi connectivity index (χ0) is 9.97. The summed E-state index contributed by atoms with van der Waals surface area (Å²) in [5, 5.41) is 3.12. The fraction of sp³-hybridized carbons (Fsp3) is 0.222. The number of rotatable bonds is 3. The maximum absolute atomic E-state index is 5.54. The van der Waals surface area contributed by atoms with Gasteiger partial charge in [-0.15, -0.1) is 22.7 Å². The van der Waals surface area contributed by atoms with Crippen molar-refractivity contribution in [3.8, 4) is 0 Å². The van der Waals surface area contributed by atoms with Crippen molar-refractivity contribution in [1.82, 2.24) is 10.4 Å². The highest BCUT2D eigenvalue weighted by molar-refractivity contribution is 7.12. The minimum absolute atomic E-state index is 0.0844. The number of nitrogens with zero attached hydrogens (tertiary/aromatic N) is 1. The molecule has 0 aliphatic rings. The third-order valence-corrected chi connectivity index (χ3v) is 3.83. The second-order valence-corrected chi connectivity index (χ2v) is 5.14. The Hall–Kier alpha value is -0.750. The van der Waals surface area contributed by atoms with Crippen molar-refractivity contribution in [3.05, 3.63) is 38.5 Å². The number of hydrazine groups is 1. The van der Waals surface area contributed by atoms with Crippen LogP contribution in [0.3, 0.4) is 0 Å². The molecule has 2 heterocycles. The molecule has 74 valence electrons. The Morgan fingerprint density at radius 2 is 2.36 bits per heavy atom. The van der Waals surface area contributed by atoms with Crippen molar-refractivity contribution in [3.63, 3.8) is 0 Å². The normalized spacial score (nSPS) is 13.0. The van der Waals surface area contributed by atoms with Crippen LogP contribution in [0.4, 0.5) is 0 Å². The van der Waals surface area contributed by atoms with Crippen molar-refractivity contribution in [2.45, 2.75) is 13.0 Å². The van der Waals surface area contributed by atoms with E-state index in [4.69, 9.17) is 5.84 Å². The highest BCUT2D eigenvalue weighted by Crippen LogP contribution is 2.28. The van der Waals surface area contributed by atoms with Crippen LogP contribution in [0, 0.1) is 6.92 Å². The van der Waals surface area contributed by atoms with E-state index in [1.54, 1.807) is 22.7 Å². The molecule has 3 nitrogen and oxygen atoms in total. The first-order chi connectivity index (χ1) is 6.81. The number of aryl methyl sites for hydroxylation is 1. The van der Waals surface area contributed by atoms with Crippen LogP contribution >= 0.6 is 22.7 Å². The Balaban J connectivity index is 2.31. The molecule has 0 fully saturated rings. The summed E-state index contributed by atoms with van der Waals surface area (Å²) in [4.78, 5) is 6.60. The van der Waals surface area contributed by atoms with Crippen molar-refractivity contribution >= 4 is 22.7 Å². The first kappa shape index (κ1) is 9.79. The molecule has 2 rings (SSSR count). The average Bonchev–Trinajstić information content (AvgIpc) is 2.79. The van der Waals surface area contributed by atoms with Crippen LogP contribution in [0.2, 0.25) is 0 Å². The fourth-order valence-corrected chi connectivity index (χ4v) is 3.01. The maximum atomic E-state index is 5.54. The molecule has 0 spiro atoms. The van der Waals surface area contributed by atoms with Crippen molar-refractivity contribution in [2.24, 2.45) is 5.84 Å².